The van der Waals surface area contributed by atoms with E-state index in [2.05, 4.69) is 66.4 Å². The van der Waals surface area contributed by atoms with Crippen molar-refractivity contribution in [3.63, 3.8) is 0 Å². The zero-order valence-electron chi connectivity index (χ0n) is 13.2. The maximum absolute atomic E-state index is 6.43. The van der Waals surface area contributed by atoms with Crippen molar-refractivity contribution < 1.29 is 4.74 Å². The number of benzene rings is 2. The SMILES string of the molecule is C[C@H]1OC2(CCN(Cc3ccccc3)CC2)c2ccccc21. The lowest BCUT2D eigenvalue weighted by Crippen LogP contribution is -2.42. The molecule has 114 valence electrons. The molecule has 0 bridgehead atoms. The molecule has 0 N–H and O–H groups in total. The van der Waals surface area contributed by atoms with Crippen molar-refractivity contribution in [2.45, 2.75) is 38.0 Å². The standard InChI is InChI=1S/C20H23NO/c1-16-18-9-5-6-10-19(18)20(22-16)11-13-21(14-12-20)15-17-7-3-2-4-8-17/h2-10,16H,11-15H2,1H3/t16-/m1/s1. The molecule has 22 heavy (non-hydrogen) atoms. The first-order valence-corrected chi connectivity index (χ1v) is 8.30. The number of piperidine rings is 1. The molecule has 2 heterocycles. The molecule has 1 fully saturated rings. The number of hydrogen-bond donors (Lipinski definition) is 0. The van der Waals surface area contributed by atoms with Crippen LogP contribution >= 0.6 is 0 Å². The van der Waals surface area contributed by atoms with Crippen molar-refractivity contribution in [1.82, 2.24) is 4.90 Å². The second-order valence-electron chi connectivity index (χ2n) is 6.60. The predicted molar refractivity (Wildman–Crippen MR) is 88.6 cm³/mol. The van der Waals surface area contributed by atoms with Crippen LogP contribution in [0.4, 0.5) is 0 Å². The van der Waals surface area contributed by atoms with Gasteiger partial charge in [-0.1, -0.05) is 54.6 Å². The van der Waals surface area contributed by atoms with Crippen LogP contribution in [0.15, 0.2) is 54.6 Å². The Bertz CT molecular complexity index is 644. The summed E-state index contributed by atoms with van der Waals surface area (Å²) in [5.41, 5.74) is 4.18. The van der Waals surface area contributed by atoms with E-state index in [9.17, 15) is 0 Å². The van der Waals surface area contributed by atoms with Crippen LogP contribution in [0, 0.1) is 0 Å². The molecular weight excluding hydrogens is 270 g/mol. The largest absolute Gasteiger partial charge is 0.363 e. The van der Waals surface area contributed by atoms with E-state index in [1.54, 1.807) is 0 Å². The van der Waals surface area contributed by atoms with E-state index in [0.717, 1.165) is 32.5 Å². The highest BCUT2D eigenvalue weighted by molar-refractivity contribution is 5.38. The van der Waals surface area contributed by atoms with Crippen LogP contribution in [0.2, 0.25) is 0 Å². The van der Waals surface area contributed by atoms with Crippen molar-refractivity contribution in [1.29, 1.82) is 0 Å². The van der Waals surface area contributed by atoms with Gasteiger partial charge in [0.15, 0.2) is 0 Å². The predicted octanol–water partition coefficient (Wildman–Crippen LogP) is 4.27. The lowest BCUT2D eigenvalue weighted by molar-refractivity contribution is -0.104. The molecular formula is C20H23NO. The molecule has 2 aliphatic rings. The number of ether oxygens (including phenoxy) is 1. The number of hydrogen-bond acceptors (Lipinski definition) is 2. The van der Waals surface area contributed by atoms with E-state index in [1.807, 2.05) is 0 Å². The summed E-state index contributed by atoms with van der Waals surface area (Å²) >= 11 is 0. The van der Waals surface area contributed by atoms with Crippen LogP contribution in [0.1, 0.15) is 42.6 Å². The number of fused-ring (bicyclic) bond motifs is 2. The van der Waals surface area contributed by atoms with E-state index in [0.29, 0.717) is 0 Å². The molecule has 0 unspecified atom stereocenters. The Labute approximate surface area is 132 Å². The van der Waals surface area contributed by atoms with E-state index in [-0.39, 0.29) is 11.7 Å². The third-order valence-electron chi connectivity index (χ3n) is 5.20. The van der Waals surface area contributed by atoms with E-state index < -0.39 is 0 Å². The smallest absolute Gasteiger partial charge is 0.0967 e. The third kappa shape index (κ3) is 2.37. The van der Waals surface area contributed by atoms with Gasteiger partial charge in [-0.15, -0.1) is 0 Å². The van der Waals surface area contributed by atoms with Gasteiger partial charge in [-0.2, -0.15) is 0 Å². The van der Waals surface area contributed by atoms with Crippen molar-refractivity contribution in [3.05, 3.63) is 71.3 Å². The van der Waals surface area contributed by atoms with Gasteiger partial charge in [0, 0.05) is 19.6 Å². The van der Waals surface area contributed by atoms with Gasteiger partial charge in [0.1, 0.15) is 0 Å². The molecule has 1 atom stereocenters. The first-order chi connectivity index (χ1) is 10.8. The number of nitrogens with zero attached hydrogens (tertiary/aromatic N) is 1. The second-order valence-corrected chi connectivity index (χ2v) is 6.60. The summed E-state index contributed by atoms with van der Waals surface area (Å²) in [6.45, 7) is 5.45. The molecule has 2 heteroatoms. The van der Waals surface area contributed by atoms with Gasteiger partial charge in [-0.25, -0.2) is 0 Å². The maximum atomic E-state index is 6.43. The maximum Gasteiger partial charge on any atom is 0.0967 e. The minimum absolute atomic E-state index is 0.0385. The van der Waals surface area contributed by atoms with Gasteiger partial charge in [0.05, 0.1) is 11.7 Å². The number of likely N-dealkylation sites (tertiary alicyclic amines) is 1. The van der Waals surface area contributed by atoms with Crippen molar-refractivity contribution in [2.75, 3.05) is 13.1 Å². The Morgan fingerprint density at radius 3 is 2.45 bits per heavy atom. The fourth-order valence-electron chi connectivity index (χ4n) is 4.03. The molecule has 0 aromatic heterocycles. The fraction of sp³-hybridized carbons (Fsp3) is 0.400. The molecule has 1 saturated heterocycles. The van der Waals surface area contributed by atoms with Gasteiger partial charge in [0.2, 0.25) is 0 Å². The molecule has 0 radical (unpaired) electrons. The average molecular weight is 293 g/mol. The van der Waals surface area contributed by atoms with Gasteiger partial charge < -0.3 is 4.74 Å². The molecule has 2 aromatic rings. The minimum Gasteiger partial charge on any atom is -0.363 e. The summed E-state index contributed by atoms with van der Waals surface area (Å²) < 4.78 is 6.43. The molecule has 2 aromatic carbocycles. The van der Waals surface area contributed by atoms with Crippen molar-refractivity contribution in [3.8, 4) is 0 Å². The highest BCUT2D eigenvalue weighted by atomic mass is 16.5. The summed E-state index contributed by atoms with van der Waals surface area (Å²) in [4.78, 5) is 2.55. The van der Waals surface area contributed by atoms with Crippen LogP contribution in [0.25, 0.3) is 0 Å². The summed E-state index contributed by atoms with van der Waals surface area (Å²) in [5, 5.41) is 0. The summed E-state index contributed by atoms with van der Waals surface area (Å²) in [5.74, 6) is 0. The first-order valence-electron chi connectivity index (χ1n) is 8.30. The zero-order valence-corrected chi connectivity index (χ0v) is 13.2. The van der Waals surface area contributed by atoms with Gasteiger partial charge in [0.25, 0.3) is 0 Å². The number of rotatable bonds is 2. The first kappa shape index (κ1) is 14.0. The normalized spacial score (nSPS) is 23.6. The van der Waals surface area contributed by atoms with Crippen LogP contribution in [0.3, 0.4) is 0 Å². The Balaban J connectivity index is 1.48. The van der Waals surface area contributed by atoms with E-state index in [1.165, 1.54) is 16.7 Å². The molecule has 2 aliphatic heterocycles. The molecule has 0 aliphatic carbocycles. The lowest BCUT2D eigenvalue weighted by atomic mass is 9.83. The molecule has 2 nitrogen and oxygen atoms in total. The van der Waals surface area contributed by atoms with Gasteiger partial charge in [-0.05, 0) is 36.5 Å². The topological polar surface area (TPSA) is 12.5 Å². The van der Waals surface area contributed by atoms with Crippen molar-refractivity contribution in [2.24, 2.45) is 0 Å². The Morgan fingerprint density at radius 1 is 1.00 bits per heavy atom. The Kier molecular flexibility index (Phi) is 3.51. The third-order valence-corrected chi connectivity index (χ3v) is 5.20. The van der Waals surface area contributed by atoms with E-state index in [4.69, 9.17) is 4.74 Å². The van der Waals surface area contributed by atoms with Crippen LogP contribution < -0.4 is 0 Å². The van der Waals surface area contributed by atoms with Crippen LogP contribution in [0.5, 0.6) is 0 Å². The van der Waals surface area contributed by atoms with E-state index >= 15 is 0 Å². The Morgan fingerprint density at radius 2 is 1.68 bits per heavy atom. The van der Waals surface area contributed by atoms with Crippen molar-refractivity contribution >= 4 is 0 Å². The fourth-order valence-corrected chi connectivity index (χ4v) is 4.03. The summed E-state index contributed by atoms with van der Waals surface area (Å²) in [7, 11) is 0. The molecule has 0 saturated carbocycles. The van der Waals surface area contributed by atoms with Crippen LogP contribution in [-0.4, -0.2) is 18.0 Å². The summed E-state index contributed by atoms with van der Waals surface area (Å²) in [6.07, 6.45) is 2.43. The molecule has 4 rings (SSSR count). The average Bonchev–Trinajstić information content (AvgIpc) is 2.84. The monoisotopic (exact) mass is 293 g/mol. The molecule has 0 amide bonds. The highest BCUT2D eigenvalue weighted by Crippen LogP contribution is 2.49. The minimum atomic E-state index is -0.0385. The second kappa shape index (κ2) is 5.53. The quantitative estimate of drug-likeness (QED) is 0.820. The summed E-state index contributed by atoms with van der Waals surface area (Å²) in [6, 6.07) is 19.5. The zero-order chi connectivity index (χ0) is 15.0. The highest BCUT2D eigenvalue weighted by Gasteiger charge is 2.44. The molecule has 1 spiro atoms. The Hall–Kier alpha value is -1.64. The lowest BCUT2D eigenvalue weighted by Gasteiger charge is -2.39. The van der Waals surface area contributed by atoms with Gasteiger partial charge >= 0.3 is 0 Å². The van der Waals surface area contributed by atoms with Crippen LogP contribution in [-0.2, 0) is 16.9 Å². The van der Waals surface area contributed by atoms with Gasteiger partial charge in [-0.3, -0.25) is 4.90 Å².